The van der Waals surface area contributed by atoms with E-state index in [1.807, 2.05) is 18.2 Å². The highest BCUT2D eigenvalue weighted by Crippen LogP contribution is 2.32. The van der Waals surface area contributed by atoms with Crippen molar-refractivity contribution in [3.8, 4) is 29.1 Å². The minimum Gasteiger partial charge on any atom is -0.489 e. The van der Waals surface area contributed by atoms with E-state index in [0.29, 0.717) is 28.5 Å². The molecule has 2 aliphatic heterocycles. The number of amides is 2. The molecular weight excluding hydrogens is 463 g/mol. The maximum atomic E-state index is 14.2. The van der Waals surface area contributed by atoms with E-state index < -0.39 is 17.6 Å². The van der Waals surface area contributed by atoms with Gasteiger partial charge in [-0.05, 0) is 36.4 Å². The normalized spacial score (nSPS) is 17.9. The molecule has 2 amide bonds. The van der Waals surface area contributed by atoms with Crippen LogP contribution in [0.1, 0.15) is 16.1 Å². The van der Waals surface area contributed by atoms with Gasteiger partial charge in [-0.1, -0.05) is 30.0 Å². The highest BCUT2D eigenvalue weighted by Gasteiger charge is 2.35. The summed E-state index contributed by atoms with van der Waals surface area (Å²) in [6, 6.07) is 16.4. The molecular formula is C27H23FN4O4. The number of ether oxygens (including phenoxy) is 2. The summed E-state index contributed by atoms with van der Waals surface area (Å²) in [6.45, 7) is 0.334. The number of hydrogen-bond donors (Lipinski definition) is 2. The predicted octanol–water partition coefficient (Wildman–Crippen LogP) is 2.69. The molecule has 3 heterocycles. The monoisotopic (exact) mass is 486 g/mol. The molecule has 0 aliphatic carbocycles. The second-order valence-electron chi connectivity index (χ2n) is 8.53. The van der Waals surface area contributed by atoms with Crippen molar-refractivity contribution in [3.63, 3.8) is 0 Å². The second-order valence-corrected chi connectivity index (χ2v) is 8.53. The van der Waals surface area contributed by atoms with E-state index in [1.165, 1.54) is 17.2 Å². The molecule has 1 saturated heterocycles. The van der Waals surface area contributed by atoms with Crippen molar-refractivity contribution < 1.29 is 23.5 Å². The van der Waals surface area contributed by atoms with E-state index in [-0.39, 0.29) is 31.3 Å². The summed E-state index contributed by atoms with van der Waals surface area (Å²) in [6.07, 6.45) is 1.46. The Morgan fingerprint density at radius 2 is 2.00 bits per heavy atom. The van der Waals surface area contributed by atoms with Gasteiger partial charge in [-0.25, -0.2) is 4.39 Å². The van der Waals surface area contributed by atoms with E-state index in [4.69, 9.17) is 9.47 Å². The fourth-order valence-electron chi connectivity index (χ4n) is 3.75. The largest absolute Gasteiger partial charge is 0.489 e. The Bertz CT molecular complexity index is 1360. The van der Waals surface area contributed by atoms with Gasteiger partial charge < -0.3 is 25.0 Å². The number of nitrogens with one attached hydrogen (secondary N) is 2. The van der Waals surface area contributed by atoms with Gasteiger partial charge in [0.25, 0.3) is 11.8 Å². The molecule has 1 aromatic heterocycles. The number of rotatable bonds is 4. The molecule has 0 saturated carbocycles. The molecule has 0 radical (unpaired) electrons. The number of likely N-dealkylation sites (N-methyl/N-ethyl adjacent to an activating group) is 1. The highest BCUT2D eigenvalue weighted by molar-refractivity contribution is 6.03. The molecule has 9 heteroatoms. The van der Waals surface area contributed by atoms with Gasteiger partial charge in [-0.2, -0.15) is 0 Å². The van der Waals surface area contributed by atoms with Crippen LogP contribution in [0.25, 0.3) is 0 Å². The van der Waals surface area contributed by atoms with Crippen LogP contribution in [0, 0.1) is 11.8 Å². The molecule has 1 atom stereocenters. The van der Waals surface area contributed by atoms with Crippen molar-refractivity contribution in [2.75, 3.05) is 31.6 Å². The van der Waals surface area contributed by atoms with Gasteiger partial charge in [0.2, 0.25) is 0 Å². The lowest BCUT2D eigenvalue weighted by Crippen LogP contribution is -2.55. The van der Waals surface area contributed by atoms with Crippen molar-refractivity contribution in [1.29, 1.82) is 0 Å². The summed E-state index contributed by atoms with van der Waals surface area (Å²) in [5, 5.41) is 5.56. The average Bonchev–Trinajstić information content (AvgIpc) is 2.99. The van der Waals surface area contributed by atoms with Crippen LogP contribution in [-0.4, -0.2) is 55.3 Å². The topological polar surface area (TPSA) is 92.8 Å². The maximum Gasteiger partial charge on any atom is 0.270 e. The van der Waals surface area contributed by atoms with E-state index >= 15 is 0 Å². The van der Waals surface area contributed by atoms with Gasteiger partial charge in [0, 0.05) is 38.0 Å². The molecule has 8 nitrogen and oxygen atoms in total. The van der Waals surface area contributed by atoms with Crippen molar-refractivity contribution in [3.05, 3.63) is 78.1 Å². The fraction of sp³-hybridized carbons (Fsp3) is 0.222. The van der Waals surface area contributed by atoms with Crippen LogP contribution in [0.4, 0.5) is 10.1 Å². The van der Waals surface area contributed by atoms with Crippen LogP contribution in [-0.2, 0) is 4.79 Å². The molecule has 2 aromatic carbocycles. The SMILES string of the molecule is CN1C(=O)[C@H](NC(=O)c2cc(Oc3ccccc3)ccn2)COc2ccc(C#CC3(F)CNC3)cc21. The number of anilines is 1. The quantitative estimate of drug-likeness (QED) is 0.551. The van der Waals surface area contributed by atoms with E-state index in [2.05, 4.69) is 27.5 Å². The zero-order chi connectivity index (χ0) is 25.1. The van der Waals surface area contributed by atoms with Crippen LogP contribution in [0.3, 0.4) is 0 Å². The number of aromatic nitrogens is 1. The summed E-state index contributed by atoms with van der Waals surface area (Å²) in [4.78, 5) is 31.6. The summed E-state index contributed by atoms with van der Waals surface area (Å²) in [7, 11) is 1.59. The van der Waals surface area contributed by atoms with Gasteiger partial charge in [-0.3, -0.25) is 14.6 Å². The molecule has 2 aliphatic rings. The lowest BCUT2D eigenvalue weighted by Gasteiger charge is -2.29. The summed E-state index contributed by atoms with van der Waals surface area (Å²) >= 11 is 0. The number of pyridine rings is 1. The van der Waals surface area contributed by atoms with E-state index in [0.717, 1.165) is 0 Å². The summed E-state index contributed by atoms with van der Waals surface area (Å²) < 4.78 is 25.8. The number of para-hydroxylation sites is 1. The predicted molar refractivity (Wildman–Crippen MR) is 131 cm³/mol. The van der Waals surface area contributed by atoms with E-state index in [1.54, 1.807) is 43.4 Å². The van der Waals surface area contributed by atoms with Crippen LogP contribution in [0.2, 0.25) is 0 Å². The molecule has 0 bridgehead atoms. The van der Waals surface area contributed by atoms with Gasteiger partial charge in [0.05, 0.1) is 5.69 Å². The number of carbonyl (C=O) groups excluding carboxylic acids is 2. The lowest BCUT2D eigenvalue weighted by atomic mass is 10.00. The molecule has 182 valence electrons. The first-order chi connectivity index (χ1) is 17.4. The number of nitrogens with zero attached hydrogens (tertiary/aromatic N) is 2. The van der Waals surface area contributed by atoms with Crippen molar-refractivity contribution in [1.82, 2.24) is 15.6 Å². The Labute approximate surface area is 207 Å². The maximum absolute atomic E-state index is 14.2. The molecule has 36 heavy (non-hydrogen) atoms. The number of hydrogen-bond acceptors (Lipinski definition) is 6. The lowest BCUT2D eigenvalue weighted by molar-refractivity contribution is -0.120. The number of carbonyl (C=O) groups is 2. The van der Waals surface area contributed by atoms with Crippen molar-refractivity contribution in [2.24, 2.45) is 0 Å². The molecule has 3 aromatic rings. The van der Waals surface area contributed by atoms with Crippen molar-refractivity contribution >= 4 is 17.5 Å². The van der Waals surface area contributed by atoms with Gasteiger partial charge in [0.1, 0.15) is 35.6 Å². The van der Waals surface area contributed by atoms with E-state index in [9.17, 15) is 14.0 Å². The first-order valence-corrected chi connectivity index (χ1v) is 11.4. The minimum atomic E-state index is -1.53. The van der Waals surface area contributed by atoms with Gasteiger partial charge in [-0.15, -0.1) is 0 Å². The molecule has 0 spiro atoms. The van der Waals surface area contributed by atoms with Gasteiger partial charge >= 0.3 is 0 Å². The van der Waals surface area contributed by atoms with Crippen LogP contribution < -0.4 is 25.0 Å². The Morgan fingerprint density at radius 1 is 1.19 bits per heavy atom. The number of alkyl halides is 1. The molecule has 0 unspecified atom stereocenters. The fourth-order valence-corrected chi connectivity index (χ4v) is 3.75. The Kier molecular flexibility index (Phi) is 6.27. The standard InChI is InChI=1S/C27H23FN4O4/c1-32-23-13-18(9-11-27(28)16-29-17-27)7-8-24(23)35-15-22(26(32)34)31-25(33)21-14-20(10-12-30-21)36-19-5-3-2-4-6-19/h2-8,10,12-14,22,29H,15-17H2,1H3,(H,31,33)/t22-/m1/s1. The third kappa shape index (κ3) is 4.99. The molecule has 1 fully saturated rings. The minimum absolute atomic E-state index is 0.0631. The summed E-state index contributed by atoms with van der Waals surface area (Å²) in [5.41, 5.74) is -0.385. The second kappa shape index (κ2) is 9.68. The Balaban J connectivity index is 1.29. The Hall–Kier alpha value is -4.42. The van der Waals surface area contributed by atoms with Crippen LogP contribution >= 0.6 is 0 Å². The van der Waals surface area contributed by atoms with Crippen LogP contribution in [0.15, 0.2) is 66.9 Å². The zero-order valence-corrected chi connectivity index (χ0v) is 19.5. The molecule has 5 rings (SSSR count). The first kappa shape index (κ1) is 23.3. The third-order valence-electron chi connectivity index (χ3n) is 5.84. The first-order valence-electron chi connectivity index (χ1n) is 11.4. The highest BCUT2D eigenvalue weighted by atomic mass is 19.1. The smallest absolute Gasteiger partial charge is 0.270 e. The third-order valence-corrected chi connectivity index (χ3v) is 5.84. The van der Waals surface area contributed by atoms with Crippen molar-refractivity contribution in [2.45, 2.75) is 11.7 Å². The molecule has 2 N–H and O–H groups in total. The number of halogens is 1. The van der Waals surface area contributed by atoms with Gasteiger partial charge in [0.15, 0.2) is 5.67 Å². The van der Waals surface area contributed by atoms with Crippen LogP contribution in [0.5, 0.6) is 17.2 Å². The number of benzene rings is 2. The Morgan fingerprint density at radius 3 is 2.75 bits per heavy atom. The zero-order valence-electron chi connectivity index (χ0n) is 19.5. The average molecular weight is 487 g/mol. The number of fused-ring (bicyclic) bond motifs is 1. The summed E-state index contributed by atoms with van der Waals surface area (Å²) in [5.74, 6) is 6.09.